The molecule has 4 rings (SSSR count). The van der Waals surface area contributed by atoms with Crippen LogP contribution in [0, 0.1) is 26.2 Å². The van der Waals surface area contributed by atoms with E-state index in [-0.39, 0.29) is 5.41 Å². The molecule has 6 heteroatoms. The summed E-state index contributed by atoms with van der Waals surface area (Å²) in [6.45, 7) is 13.1. The molecule has 2 heterocycles. The molecule has 0 saturated carbocycles. The van der Waals surface area contributed by atoms with Gasteiger partial charge in [-0.25, -0.2) is 14.5 Å². The van der Waals surface area contributed by atoms with E-state index in [1.807, 2.05) is 54.8 Å². The summed E-state index contributed by atoms with van der Waals surface area (Å²) in [5, 5.41) is 8.20. The fourth-order valence-corrected chi connectivity index (χ4v) is 3.31. The van der Waals surface area contributed by atoms with Gasteiger partial charge in [0.05, 0.1) is 12.3 Å². The molecule has 0 spiro atoms. The molecule has 0 amide bonds. The molecule has 6 nitrogen and oxygen atoms in total. The highest BCUT2D eigenvalue weighted by atomic mass is 16.5. The minimum atomic E-state index is 0.118. The zero-order valence-electron chi connectivity index (χ0n) is 19.0. The van der Waals surface area contributed by atoms with Gasteiger partial charge in [0.1, 0.15) is 17.1 Å². The number of imidazole rings is 1. The summed E-state index contributed by atoms with van der Waals surface area (Å²) in [5.74, 6) is 3.06. The minimum absolute atomic E-state index is 0.118. The Bertz CT molecular complexity index is 1200. The van der Waals surface area contributed by atoms with E-state index in [1.54, 1.807) is 0 Å². The molecular formula is C25H29N5O. The molecule has 31 heavy (non-hydrogen) atoms. The molecule has 0 aliphatic carbocycles. The first kappa shape index (κ1) is 20.8. The summed E-state index contributed by atoms with van der Waals surface area (Å²) in [7, 11) is 0. The third-order valence-electron chi connectivity index (χ3n) is 4.93. The van der Waals surface area contributed by atoms with Crippen LogP contribution < -0.4 is 10.1 Å². The van der Waals surface area contributed by atoms with Gasteiger partial charge in [-0.3, -0.25) is 0 Å². The van der Waals surface area contributed by atoms with Gasteiger partial charge in [-0.2, -0.15) is 0 Å². The quantitative estimate of drug-likeness (QED) is 0.441. The third kappa shape index (κ3) is 4.68. The van der Waals surface area contributed by atoms with E-state index in [0.29, 0.717) is 12.4 Å². The number of nitrogens with zero attached hydrogens (tertiary/aromatic N) is 4. The second kappa shape index (κ2) is 8.02. The average Bonchev–Trinajstić information content (AvgIpc) is 3.01. The van der Waals surface area contributed by atoms with Crippen LogP contribution in [0.5, 0.6) is 5.75 Å². The van der Waals surface area contributed by atoms with Gasteiger partial charge < -0.3 is 10.1 Å². The molecule has 1 N–H and O–H groups in total. The summed E-state index contributed by atoms with van der Waals surface area (Å²) in [6.07, 6.45) is 0. The smallest absolute Gasteiger partial charge is 0.182 e. The molecule has 0 bridgehead atoms. The van der Waals surface area contributed by atoms with E-state index in [0.717, 1.165) is 39.9 Å². The van der Waals surface area contributed by atoms with Crippen molar-refractivity contribution in [3.8, 4) is 17.1 Å². The maximum atomic E-state index is 5.89. The number of fused-ring (bicyclic) bond motifs is 1. The highest BCUT2D eigenvalue weighted by Gasteiger charge is 2.16. The van der Waals surface area contributed by atoms with Crippen LogP contribution in [0.25, 0.3) is 16.9 Å². The largest absolute Gasteiger partial charge is 0.493 e. The Morgan fingerprint density at radius 3 is 2.23 bits per heavy atom. The van der Waals surface area contributed by atoms with Gasteiger partial charge in [0, 0.05) is 11.3 Å². The number of nitrogens with one attached hydrogen (secondary N) is 1. The number of hydrogen-bond acceptors (Lipinski definition) is 5. The highest BCUT2D eigenvalue weighted by molar-refractivity contribution is 5.77. The molecule has 0 saturated heterocycles. The molecule has 0 atom stereocenters. The van der Waals surface area contributed by atoms with Gasteiger partial charge in [-0.05, 0) is 50.5 Å². The maximum Gasteiger partial charge on any atom is 0.182 e. The lowest BCUT2D eigenvalue weighted by molar-refractivity contribution is 0.198. The minimum Gasteiger partial charge on any atom is -0.493 e. The van der Waals surface area contributed by atoms with Crippen molar-refractivity contribution in [3.63, 3.8) is 0 Å². The van der Waals surface area contributed by atoms with Gasteiger partial charge in [0.2, 0.25) is 0 Å². The SMILES string of the molecule is Cc1ccc(-c2nc(Nc3ccc(OCC(C)(C)C)cc3)c3c(C)nc(C)n3n2)cc1. The monoisotopic (exact) mass is 415 g/mol. The van der Waals surface area contributed by atoms with Crippen molar-refractivity contribution in [2.45, 2.75) is 41.5 Å². The number of ether oxygens (including phenoxy) is 1. The van der Waals surface area contributed by atoms with Crippen LogP contribution in [0.3, 0.4) is 0 Å². The normalized spacial score (nSPS) is 11.7. The van der Waals surface area contributed by atoms with E-state index in [9.17, 15) is 0 Å². The topological polar surface area (TPSA) is 64.3 Å². The lowest BCUT2D eigenvalue weighted by Crippen LogP contribution is -2.16. The van der Waals surface area contributed by atoms with Crippen molar-refractivity contribution in [1.29, 1.82) is 0 Å². The van der Waals surface area contributed by atoms with E-state index in [4.69, 9.17) is 14.8 Å². The van der Waals surface area contributed by atoms with Crippen molar-refractivity contribution in [2.24, 2.45) is 5.41 Å². The standard InChI is InChI=1S/C25H29N5O/c1-16-7-9-19(10-8-16)23-28-24(22-17(2)26-18(3)30(22)29-23)27-20-11-13-21(14-12-20)31-15-25(4,5)6/h7-14H,15H2,1-6H3,(H,27,28,29). The number of aryl methyl sites for hydroxylation is 3. The van der Waals surface area contributed by atoms with Gasteiger partial charge in [0.25, 0.3) is 0 Å². The molecule has 2 aromatic heterocycles. The van der Waals surface area contributed by atoms with Gasteiger partial charge in [0.15, 0.2) is 11.6 Å². The molecule has 2 aromatic carbocycles. The Morgan fingerprint density at radius 1 is 0.903 bits per heavy atom. The highest BCUT2D eigenvalue weighted by Crippen LogP contribution is 2.27. The predicted molar refractivity (Wildman–Crippen MR) is 125 cm³/mol. The first-order valence-electron chi connectivity index (χ1n) is 10.5. The summed E-state index contributed by atoms with van der Waals surface area (Å²) < 4.78 is 7.75. The van der Waals surface area contributed by atoms with Crippen LogP contribution in [-0.4, -0.2) is 26.2 Å². The summed E-state index contributed by atoms with van der Waals surface area (Å²) in [5.41, 5.74) is 4.98. The van der Waals surface area contributed by atoms with Crippen molar-refractivity contribution in [2.75, 3.05) is 11.9 Å². The van der Waals surface area contributed by atoms with Gasteiger partial charge >= 0.3 is 0 Å². The molecule has 0 aliphatic rings. The van der Waals surface area contributed by atoms with Crippen LogP contribution in [0.1, 0.15) is 37.9 Å². The molecule has 0 unspecified atom stereocenters. The van der Waals surface area contributed by atoms with Crippen LogP contribution in [0.2, 0.25) is 0 Å². The predicted octanol–water partition coefficient (Wildman–Crippen LogP) is 5.89. The second-order valence-electron chi connectivity index (χ2n) is 9.15. The first-order valence-corrected chi connectivity index (χ1v) is 10.5. The van der Waals surface area contributed by atoms with Crippen molar-refractivity contribution < 1.29 is 4.74 Å². The number of rotatable bonds is 5. The van der Waals surface area contributed by atoms with Crippen molar-refractivity contribution >= 4 is 17.0 Å². The van der Waals surface area contributed by atoms with E-state index >= 15 is 0 Å². The van der Waals surface area contributed by atoms with Gasteiger partial charge in [-0.1, -0.05) is 50.6 Å². The number of anilines is 2. The zero-order valence-corrected chi connectivity index (χ0v) is 19.0. The molecular weight excluding hydrogens is 386 g/mol. The summed E-state index contributed by atoms with van der Waals surface area (Å²) in [4.78, 5) is 9.45. The number of benzene rings is 2. The average molecular weight is 416 g/mol. The van der Waals surface area contributed by atoms with Crippen molar-refractivity contribution in [1.82, 2.24) is 19.6 Å². The zero-order chi connectivity index (χ0) is 22.2. The lowest BCUT2D eigenvalue weighted by atomic mass is 9.99. The van der Waals surface area contributed by atoms with E-state index in [1.165, 1.54) is 5.56 Å². The fourth-order valence-electron chi connectivity index (χ4n) is 3.31. The van der Waals surface area contributed by atoms with Crippen LogP contribution in [0.4, 0.5) is 11.5 Å². The molecule has 0 radical (unpaired) electrons. The second-order valence-corrected chi connectivity index (χ2v) is 9.15. The fraction of sp³-hybridized carbons (Fsp3) is 0.320. The first-order chi connectivity index (χ1) is 14.7. The summed E-state index contributed by atoms with van der Waals surface area (Å²) in [6, 6.07) is 16.2. The lowest BCUT2D eigenvalue weighted by Gasteiger charge is -2.19. The number of aromatic nitrogens is 4. The Morgan fingerprint density at radius 2 is 1.58 bits per heavy atom. The van der Waals surface area contributed by atoms with Crippen LogP contribution >= 0.6 is 0 Å². The molecule has 0 aliphatic heterocycles. The van der Waals surface area contributed by atoms with Crippen molar-refractivity contribution in [3.05, 3.63) is 65.6 Å². The Kier molecular flexibility index (Phi) is 5.39. The molecule has 160 valence electrons. The Balaban J connectivity index is 1.68. The Hall–Kier alpha value is -3.41. The number of hydrogen-bond donors (Lipinski definition) is 1. The van der Waals surface area contributed by atoms with Gasteiger partial charge in [-0.15, -0.1) is 5.10 Å². The molecule has 0 fully saturated rings. The Labute approximate surface area is 183 Å². The van der Waals surface area contributed by atoms with E-state index in [2.05, 4.69) is 50.1 Å². The molecule has 4 aromatic rings. The summed E-state index contributed by atoms with van der Waals surface area (Å²) >= 11 is 0. The maximum absolute atomic E-state index is 5.89. The van der Waals surface area contributed by atoms with E-state index < -0.39 is 0 Å². The van der Waals surface area contributed by atoms with Crippen LogP contribution in [-0.2, 0) is 0 Å². The third-order valence-corrected chi connectivity index (χ3v) is 4.93. The van der Waals surface area contributed by atoms with Crippen LogP contribution in [0.15, 0.2) is 48.5 Å².